The molecule has 0 spiro atoms. The first-order valence-corrected chi connectivity index (χ1v) is 9.38. The van der Waals surface area contributed by atoms with E-state index >= 15 is 0 Å². The molecule has 1 aliphatic heterocycles. The fourth-order valence-electron chi connectivity index (χ4n) is 2.41. The van der Waals surface area contributed by atoms with E-state index < -0.39 is 10.0 Å². The molecule has 0 bridgehead atoms. The quantitative estimate of drug-likeness (QED) is 0.908. The molecule has 0 amide bonds. The van der Waals surface area contributed by atoms with E-state index in [-0.39, 0.29) is 10.3 Å². The predicted molar refractivity (Wildman–Crippen MR) is 86.5 cm³/mol. The highest BCUT2D eigenvalue weighted by atomic mass is 32.2. The van der Waals surface area contributed by atoms with Crippen LogP contribution in [0.3, 0.4) is 0 Å². The van der Waals surface area contributed by atoms with Gasteiger partial charge in [0.2, 0.25) is 0 Å². The number of nitrogens with one attached hydrogen (secondary N) is 1. The Bertz CT molecular complexity index is 769. The standard InChI is InChI=1S/C15H17NO4S2/c1-3-19-14-8-11-7-10(2)20-13(11)9-12(14)16-22(17,18)15-5-4-6-21-15/h4-6,8-10,16H,3,7H2,1-2H3. The van der Waals surface area contributed by atoms with E-state index in [0.29, 0.717) is 23.8 Å². The van der Waals surface area contributed by atoms with Crippen molar-refractivity contribution in [1.82, 2.24) is 0 Å². The summed E-state index contributed by atoms with van der Waals surface area (Å²) in [7, 11) is -3.61. The first-order chi connectivity index (χ1) is 10.5. The minimum atomic E-state index is -3.61. The molecular weight excluding hydrogens is 322 g/mol. The van der Waals surface area contributed by atoms with E-state index in [9.17, 15) is 8.42 Å². The average molecular weight is 339 g/mol. The van der Waals surface area contributed by atoms with Crippen LogP contribution in [0.5, 0.6) is 11.5 Å². The van der Waals surface area contributed by atoms with Crippen LogP contribution >= 0.6 is 11.3 Å². The number of thiophene rings is 1. The molecule has 2 aromatic rings. The summed E-state index contributed by atoms with van der Waals surface area (Å²) < 4.78 is 38.9. The number of rotatable bonds is 5. The second kappa shape index (κ2) is 5.81. The summed E-state index contributed by atoms with van der Waals surface area (Å²) in [4.78, 5) is 0. The number of hydrogen-bond acceptors (Lipinski definition) is 5. The van der Waals surface area contributed by atoms with Crippen molar-refractivity contribution in [2.24, 2.45) is 0 Å². The third-order valence-corrected chi connectivity index (χ3v) is 6.07. The van der Waals surface area contributed by atoms with Crippen LogP contribution in [0, 0.1) is 0 Å². The highest BCUT2D eigenvalue weighted by Crippen LogP contribution is 2.39. The van der Waals surface area contributed by atoms with Crippen LogP contribution in [0.2, 0.25) is 0 Å². The molecular formula is C15H17NO4S2. The van der Waals surface area contributed by atoms with Crippen LogP contribution in [0.1, 0.15) is 19.4 Å². The van der Waals surface area contributed by atoms with Crippen molar-refractivity contribution in [3.63, 3.8) is 0 Å². The highest BCUT2D eigenvalue weighted by molar-refractivity contribution is 7.94. The van der Waals surface area contributed by atoms with Crippen LogP contribution in [0.15, 0.2) is 33.9 Å². The maximum atomic E-state index is 12.4. The second-order valence-corrected chi connectivity index (χ2v) is 7.92. The lowest BCUT2D eigenvalue weighted by Crippen LogP contribution is -2.12. The van der Waals surface area contributed by atoms with Crippen molar-refractivity contribution in [2.75, 3.05) is 11.3 Å². The molecule has 0 saturated heterocycles. The average Bonchev–Trinajstić information content (AvgIpc) is 3.07. The molecule has 0 aliphatic carbocycles. The third kappa shape index (κ3) is 2.91. The maximum absolute atomic E-state index is 12.4. The lowest BCUT2D eigenvalue weighted by atomic mass is 10.1. The number of fused-ring (bicyclic) bond motifs is 1. The Morgan fingerprint density at radius 1 is 1.45 bits per heavy atom. The van der Waals surface area contributed by atoms with E-state index in [4.69, 9.17) is 9.47 Å². The van der Waals surface area contributed by atoms with Gasteiger partial charge in [-0.15, -0.1) is 11.3 Å². The molecule has 0 fully saturated rings. The molecule has 1 aromatic carbocycles. The molecule has 1 N–H and O–H groups in total. The number of anilines is 1. The van der Waals surface area contributed by atoms with Crippen LogP contribution in [0.25, 0.3) is 0 Å². The molecule has 3 rings (SSSR count). The highest BCUT2D eigenvalue weighted by Gasteiger charge is 2.24. The van der Waals surface area contributed by atoms with Gasteiger partial charge in [0.05, 0.1) is 12.3 Å². The van der Waals surface area contributed by atoms with Gasteiger partial charge in [-0.25, -0.2) is 8.42 Å². The lowest BCUT2D eigenvalue weighted by Gasteiger charge is -2.14. The van der Waals surface area contributed by atoms with Crippen LogP contribution in [-0.4, -0.2) is 21.1 Å². The summed E-state index contributed by atoms with van der Waals surface area (Å²) in [5.74, 6) is 1.24. The van der Waals surface area contributed by atoms with E-state index in [2.05, 4.69) is 4.72 Å². The normalized spacial score (nSPS) is 16.9. The molecule has 1 atom stereocenters. The lowest BCUT2D eigenvalue weighted by molar-refractivity contribution is 0.254. The molecule has 1 unspecified atom stereocenters. The summed E-state index contributed by atoms with van der Waals surface area (Å²) >= 11 is 1.17. The summed E-state index contributed by atoms with van der Waals surface area (Å²) in [6.07, 6.45) is 0.890. The smallest absolute Gasteiger partial charge is 0.271 e. The van der Waals surface area contributed by atoms with Gasteiger partial charge in [0, 0.05) is 18.1 Å². The van der Waals surface area contributed by atoms with Gasteiger partial charge in [-0.3, -0.25) is 4.72 Å². The number of hydrogen-bond donors (Lipinski definition) is 1. The first kappa shape index (κ1) is 15.2. The van der Waals surface area contributed by atoms with Gasteiger partial charge in [0.15, 0.2) is 0 Å². The summed E-state index contributed by atoms with van der Waals surface area (Å²) in [5.41, 5.74) is 1.44. The van der Waals surface area contributed by atoms with Gasteiger partial charge in [0.25, 0.3) is 10.0 Å². The predicted octanol–water partition coefficient (Wildman–Crippen LogP) is 3.27. The Hall–Kier alpha value is -1.73. The van der Waals surface area contributed by atoms with Gasteiger partial charge in [-0.05, 0) is 31.4 Å². The third-order valence-electron chi connectivity index (χ3n) is 3.30. The van der Waals surface area contributed by atoms with Crippen molar-refractivity contribution in [3.05, 3.63) is 35.2 Å². The van der Waals surface area contributed by atoms with E-state index in [1.807, 2.05) is 19.9 Å². The van der Waals surface area contributed by atoms with Crippen molar-refractivity contribution in [3.8, 4) is 11.5 Å². The fourth-order valence-corrected chi connectivity index (χ4v) is 4.46. The van der Waals surface area contributed by atoms with Crippen LogP contribution < -0.4 is 14.2 Å². The second-order valence-electron chi connectivity index (χ2n) is 5.06. The van der Waals surface area contributed by atoms with Gasteiger partial charge in [0.1, 0.15) is 21.8 Å². The number of sulfonamides is 1. The van der Waals surface area contributed by atoms with Crippen molar-refractivity contribution in [2.45, 2.75) is 30.6 Å². The molecule has 5 nitrogen and oxygen atoms in total. The zero-order valence-electron chi connectivity index (χ0n) is 12.3. The molecule has 22 heavy (non-hydrogen) atoms. The van der Waals surface area contributed by atoms with Crippen LogP contribution in [-0.2, 0) is 16.4 Å². The first-order valence-electron chi connectivity index (χ1n) is 7.02. The summed E-state index contributed by atoms with van der Waals surface area (Å²) in [6, 6.07) is 6.83. The van der Waals surface area contributed by atoms with Crippen molar-refractivity contribution in [1.29, 1.82) is 0 Å². The van der Waals surface area contributed by atoms with Crippen molar-refractivity contribution < 1.29 is 17.9 Å². The topological polar surface area (TPSA) is 64.6 Å². The Labute approximate surface area is 133 Å². The molecule has 0 saturated carbocycles. The molecule has 118 valence electrons. The Kier molecular flexibility index (Phi) is 4.01. The van der Waals surface area contributed by atoms with Crippen LogP contribution in [0.4, 0.5) is 5.69 Å². The van der Waals surface area contributed by atoms with E-state index in [1.165, 1.54) is 11.3 Å². The molecule has 2 heterocycles. The maximum Gasteiger partial charge on any atom is 0.271 e. The fraction of sp³-hybridized carbons (Fsp3) is 0.333. The molecule has 0 radical (unpaired) electrons. The van der Waals surface area contributed by atoms with Gasteiger partial charge in [-0.1, -0.05) is 6.07 Å². The molecule has 1 aromatic heterocycles. The summed E-state index contributed by atoms with van der Waals surface area (Å²) in [5, 5.41) is 1.73. The van der Waals surface area contributed by atoms with E-state index in [1.54, 1.807) is 23.6 Å². The monoisotopic (exact) mass is 339 g/mol. The SMILES string of the molecule is CCOc1cc2c(cc1NS(=O)(=O)c1cccs1)OC(C)C2. The summed E-state index contributed by atoms with van der Waals surface area (Å²) in [6.45, 7) is 4.31. The Morgan fingerprint density at radius 3 is 2.95 bits per heavy atom. The van der Waals surface area contributed by atoms with Gasteiger partial charge in [-0.2, -0.15) is 0 Å². The Morgan fingerprint density at radius 2 is 2.27 bits per heavy atom. The van der Waals surface area contributed by atoms with Crippen molar-refractivity contribution >= 4 is 27.0 Å². The van der Waals surface area contributed by atoms with E-state index in [0.717, 1.165) is 12.0 Å². The zero-order valence-corrected chi connectivity index (χ0v) is 14.0. The molecule has 1 aliphatic rings. The van der Waals surface area contributed by atoms with Gasteiger partial charge < -0.3 is 9.47 Å². The Balaban J connectivity index is 1.98. The minimum absolute atomic E-state index is 0.0913. The number of ether oxygens (including phenoxy) is 2. The molecule has 7 heteroatoms. The zero-order chi connectivity index (χ0) is 15.7. The number of benzene rings is 1. The largest absolute Gasteiger partial charge is 0.492 e. The minimum Gasteiger partial charge on any atom is -0.492 e. The van der Waals surface area contributed by atoms with Gasteiger partial charge >= 0.3 is 0 Å².